The monoisotopic (exact) mass is 988 g/mol. The summed E-state index contributed by atoms with van der Waals surface area (Å²) in [6.07, 6.45) is 6.80. The zero-order valence-corrected chi connectivity index (χ0v) is 38.5. The number of ether oxygens (including phenoxy) is 1. The number of allylic oxidation sites excluding steroid dienone is 1. The van der Waals surface area contributed by atoms with E-state index in [1.54, 1.807) is 0 Å². The van der Waals surface area contributed by atoms with E-state index in [4.69, 9.17) is 21.3 Å². The molecular formula is C51H60AlClF9LiN2O3. The fourth-order valence-electron chi connectivity index (χ4n) is 7.91. The van der Waals surface area contributed by atoms with Gasteiger partial charge in [-0.15, -0.1) is 0 Å². The summed E-state index contributed by atoms with van der Waals surface area (Å²) in [5.41, 5.74) is 3.01. The molecule has 0 bridgehead atoms. The molecule has 68 heavy (non-hydrogen) atoms. The van der Waals surface area contributed by atoms with Gasteiger partial charge in [0, 0.05) is 42.4 Å². The molecule has 4 aromatic rings. The predicted molar refractivity (Wildman–Crippen MR) is 250 cm³/mol. The Morgan fingerprint density at radius 2 is 1.15 bits per heavy atom. The van der Waals surface area contributed by atoms with Crippen LogP contribution in [0.5, 0.6) is 0 Å². The summed E-state index contributed by atoms with van der Waals surface area (Å²) in [6.45, 7) is 2.00. The molecule has 2 aliphatic carbocycles. The third-order valence-corrected chi connectivity index (χ3v) is 11.8. The second-order valence-electron chi connectivity index (χ2n) is 16.8. The summed E-state index contributed by atoms with van der Waals surface area (Å²) in [6, 6.07) is 13.8. The molecule has 5 nitrogen and oxygen atoms in total. The Labute approximate surface area is 422 Å². The Bertz CT molecular complexity index is 2260. The Hall–Kier alpha value is -3.40. The maximum Gasteiger partial charge on any atom is 1.00 e. The summed E-state index contributed by atoms with van der Waals surface area (Å²) in [5, 5.41) is 9.77. The Kier molecular flexibility index (Phi) is 24.6. The summed E-state index contributed by atoms with van der Waals surface area (Å²) < 4.78 is 121. The molecular weight excluding hydrogens is 929 g/mol. The second kappa shape index (κ2) is 28.4. The quantitative estimate of drug-likeness (QED) is 0.0590. The number of aliphatic hydroxyl groups excluding tert-OH is 1. The van der Waals surface area contributed by atoms with Crippen LogP contribution < -0.4 is 18.9 Å². The number of aliphatic hydroxyl groups is 1. The average Bonchev–Trinajstić information content (AvgIpc) is 3.88. The summed E-state index contributed by atoms with van der Waals surface area (Å²) in [7, 11) is 0. The van der Waals surface area contributed by atoms with Crippen LogP contribution in [0.2, 0.25) is 5.02 Å². The zero-order chi connectivity index (χ0) is 47.7. The molecule has 1 atom stereocenters. The standard InChI is InChI=1S/C24H23F6NO.C23H25ClF3NO.C4H8O.Al.Li.4H/c25-23(26,27)20-14-10-16(15-21(20)24(28,29)30)9-13-19(32)7-3-2-6-18-12-11-17-5-1-4-8-22(17)31-18;24-21-14-10-16(15-20(21)23(25,26)27)9-13-19(29)7-3-2-6-18-12-11-17-5-1-4-8-22(17)28-18;1-2-4-5-3-1;;;;;;/h9-15H,1-8H2;9-15,19,29H,1-8H2;1-4H2;;;;;;/q;;;;+1;;;;-1/b2*13-9+;;;;;;;. The molecule has 3 aliphatic rings. The average molecular weight is 989 g/mol. The SMILES string of the molecule is C1CCOC1.O=C(/C=C/c1ccc(C(F)(F)F)c(C(F)(F)F)c1)CCCCc1ccc2c(n1)CCCC2.OC(/C=C/c1ccc(Cl)c(C(F)(F)F)c1)CCCCc1ccc2c(n1)CCCC2.[AlH3].[H-].[Li+]. The van der Waals surface area contributed by atoms with Crippen molar-refractivity contribution in [2.24, 2.45) is 0 Å². The van der Waals surface area contributed by atoms with Gasteiger partial charge in [0.15, 0.2) is 23.1 Å². The maximum atomic E-state index is 13.0. The minimum absolute atomic E-state index is 0. The van der Waals surface area contributed by atoms with Gasteiger partial charge in [0.2, 0.25) is 0 Å². The van der Waals surface area contributed by atoms with Crippen molar-refractivity contribution in [3.8, 4) is 0 Å². The number of nitrogens with zero attached hydrogens (tertiary/aromatic N) is 2. The van der Waals surface area contributed by atoms with Crippen LogP contribution in [0.15, 0.2) is 72.8 Å². The Morgan fingerprint density at radius 3 is 1.68 bits per heavy atom. The minimum atomic E-state index is -5.15. The van der Waals surface area contributed by atoms with Crippen molar-refractivity contribution in [1.29, 1.82) is 0 Å². The van der Waals surface area contributed by atoms with E-state index in [1.807, 2.05) is 6.07 Å². The van der Waals surface area contributed by atoms with E-state index in [-0.39, 0.29) is 60.4 Å². The molecule has 0 amide bonds. The molecule has 366 valence electrons. The van der Waals surface area contributed by atoms with Gasteiger partial charge in [0.1, 0.15) is 0 Å². The van der Waals surface area contributed by atoms with Gasteiger partial charge in [0.05, 0.1) is 27.8 Å². The summed E-state index contributed by atoms with van der Waals surface area (Å²) >= 11 is 5.62. The molecule has 1 aliphatic heterocycles. The van der Waals surface area contributed by atoms with Crippen LogP contribution in [0.3, 0.4) is 0 Å². The molecule has 0 saturated carbocycles. The van der Waals surface area contributed by atoms with Crippen LogP contribution >= 0.6 is 11.6 Å². The number of rotatable bonds is 14. The molecule has 1 unspecified atom stereocenters. The summed E-state index contributed by atoms with van der Waals surface area (Å²) in [4.78, 5) is 21.5. The first-order valence-electron chi connectivity index (χ1n) is 22.6. The minimum Gasteiger partial charge on any atom is -1.00 e. The fraction of sp³-hybridized carbons (Fsp3) is 0.471. The van der Waals surface area contributed by atoms with Gasteiger partial charge in [-0.2, -0.15) is 39.5 Å². The van der Waals surface area contributed by atoms with E-state index >= 15 is 0 Å². The fourth-order valence-corrected chi connectivity index (χ4v) is 8.14. The molecule has 1 N–H and O–H groups in total. The van der Waals surface area contributed by atoms with Crippen LogP contribution in [0, 0.1) is 0 Å². The number of ketones is 1. The van der Waals surface area contributed by atoms with Crippen molar-refractivity contribution >= 4 is 46.9 Å². The van der Waals surface area contributed by atoms with Gasteiger partial charge in [0.25, 0.3) is 0 Å². The van der Waals surface area contributed by atoms with E-state index in [2.05, 4.69) is 23.2 Å². The molecule has 17 heteroatoms. The van der Waals surface area contributed by atoms with Gasteiger partial charge in [-0.25, -0.2) is 0 Å². The number of carbonyl (C=O) groups excluding carboxylic acids is 1. The smallest absolute Gasteiger partial charge is 1.00 e. The number of alkyl halides is 9. The first-order chi connectivity index (χ1) is 31.4. The van der Waals surface area contributed by atoms with Crippen LogP contribution in [-0.4, -0.2) is 57.5 Å². The van der Waals surface area contributed by atoms with Crippen molar-refractivity contribution in [3.05, 3.63) is 140 Å². The van der Waals surface area contributed by atoms with Gasteiger partial charge in [-0.1, -0.05) is 60.5 Å². The van der Waals surface area contributed by atoms with Crippen molar-refractivity contribution in [3.63, 3.8) is 0 Å². The zero-order valence-electron chi connectivity index (χ0n) is 38.7. The third-order valence-electron chi connectivity index (χ3n) is 11.5. The summed E-state index contributed by atoms with van der Waals surface area (Å²) in [5.74, 6) is -0.295. The number of hydrogen-bond donors (Lipinski definition) is 1. The topological polar surface area (TPSA) is 72.3 Å². The van der Waals surface area contributed by atoms with Crippen molar-refractivity contribution in [2.45, 2.75) is 140 Å². The number of aromatic nitrogens is 2. The number of aryl methyl sites for hydroxylation is 6. The molecule has 1 saturated heterocycles. The van der Waals surface area contributed by atoms with Crippen molar-refractivity contribution in [1.82, 2.24) is 9.97 Å². The predicted octanol–water partition coefficient (Wildman–Crippen LogP) is 10.1. The molecule has 2 aromatic carbocycles. The largest absolute Gasteiger partial charge is 1.00 e. The van der Waals surface area contributed by atoms with Gasteiger partial charge >= 0.3 is 37.4 Å². The Balaban J connectivity index is 0.000000413. The molecule has 2 aromatic heterocycles. The van der Waals surface area contributed by atoms with Crippen LogP contribution in [-0.2, 0) is 66.6 Å². The van der Waals surface area contributed by atoms with E-state index in [0.717, 1.165) is 119 Å². The number of unbranched alkanes of at least 4 members (excludes halogenated alkanes) is 2. The number of pyridine rings is 2. The van der Waals surface area contributed by atoms with Gasteiger partial charge in [-0.05, 0) is 167 Å². The van der Waals surface area contributed by atoms with Gasteiger partial charge in [-0.3, -0.25) is 14.8 Å². The van der Waals surface area contributed by atoms with E-state index in [9.17, 15) is 49.4 Å². The number of halogens is 10. The first-order valence-corrected chi connectivity index (χ1v) is 23.0. The second-order valence-corrected chi connectivity index (χ2v) is 17.2. The van der Waals surface area contributed by atoms with Crippen LogP contribution in [0.1, 0.15) is 140 Å². The van der Waals surface area contributed by atoms with E-state index < -0.39 is 41.3 Å². The van der Waals surface area contributed by atoms with E-state index in [1.165, 1.54) is 73.2 Å². The molecule has 1 fully saturated rings. The number of fused-ring (bicyclic) bond motifs is 2. The van der Waals surface area contributed by atoms with Gasteiger partial charge < -0.3 is 11.3 Å². The van der Waals surface area contributed by atoms with Crippen LogP contribution in [0.4, 0.5) is 39.5 Å². The van der Waals surface area contributed by atoms with Crippen molar-refractivity contribution in [2.75, 3.05) is 13.2 Å². The number of hydrogen-bond acceptors (Lipinski definition) is 5. The number of carbonyl (C=O) groups is 1. The third kappa shape index (κ3) is 19.8. The first kappa shape index (κ1) is 58.9. The molecule has 3 heterocycles. The van der Waals surface area contributed by atoms with Crippen LogP contribution in [0.25, 0.3) is 12.2 Å². The van der Waals surface area contributed by atoms with Crippen molar-refractivity contribution < 1.29 is 74.4 Å². The number of benzene rings is 2. The Morgan fingerprint density at radius 1 is 0.647 bits per heavy atom. The molecule has 7 rings (SSSR count). The molecule has 0 spiro atoms. The normalized spacial score (nSPS) is 15.2. The maximum absolute atomic E-state index is 13.0. The molecule has 0 radical (unpaired) electrons. The van der Waals surface area contributed by atoms with E-state index in [0.29, 0.717) is 30.5 Å².